The molecular formula is C19H27N3O3. The molecule has 1 heterocycles. The summed E-state index contributed by atoms with van der Waals surface area (Å²) < 4.78 is 5.18. The smallest absolute Gasteiger partial charge is 0.224 e. The van der Waals surface area contributed by atoms with Crippen molar-refractivity contribution in [3.8, 4) is 17.0 Å². The number of amides is 1. The number of nitrogens with one attached hydrogen (secondary N) is 2. The second-order valence-corrected chi connectivity index (χ2v) is 6.32. The van der Waals surface area contributed by atoms with Crippen molar-refractivity contribution in [2.24, 2.45) is 5.92 Å². The van der Waals surface area contributed by atoms with Crippen molar-refractivity contribution in [1.29, 1.82) is 0 Å². The summed E-state index contributed by atoms with van der Waals surface area (Å²) in [5.74, 6) is 0.883. The van der Waals surface area contributed by atoms with E-state index in [2.05, 4.69) is 15.5 Å². The Balaban J connectivity index is 2.16. The first-order valence-corrected chi connectivity index (χ1v) is 8.58. The Morgan fingerprint density at radius 3 is 2.60 bits per heavy atom. The van der Waals surface area contributed by atoms with Crippen LogP contribution in [0.4, 0.5) is 0 Å². The molecule has 3 N–H and O–H groups in total. The van der Waals surface area contributed by atoms with Gasteiger partial charge in [-0.2, -0.15) is 5.10 Å². The summed E-state index contributed by atoms with van der Waals surface area (Å²) in [6, 6.07) is 7.35. The molecule has 2 atom stereocenters. The molecular weight excluding hydrogens is 318 g/mol. The first kappa shape index (κ1) is 19.0. The zero-order valence-electron chi connectivity index (χ0n) is 15.3. The van der Waals surface area contributed by atoms with Crippen LogP contribution < -0.4 is 10.1 Å². The predicted molar refractivity (Wildman–Crippen MR) is 97.5 cm³/mol. The molecule has 25 heavy (non-hydrogen) atoms. The summed E-state index contributed by atoms with van der Waals surface area (Å²) in [5, 5.41) is 19.7. The lowest BCUT2D eigenvalue weighted by molar-refractivity contribution is -0.121. The SMILES string of the molecule is CC[C@@H](C)[C@H](CO)NC(=O)Cc1c(-c2ccc(OC)cc2)n[nH]c1C. The Morgan fingerprint density at radius 2 is 2.04 bits per heavy atom. The van der Waals surface area contributed by atoms with Crippen LogP contribution >= 0.6 is 0 Å². The molecule has 1 amide bonds. The largest absolute Gasteiger partial charge is 0.497 e. The Labute approximate surface area is 148 Å². The Kier molecular flexibility index (Phi) is 6.58. The van der Waals surface area contributed by atoms with E-state index in [1.165, 1.54) is 0 Å². The highest BCUT2D eigenvalue weighted by Gasteiger charge is 2.20. The number of aryl methyl sites for hydroxylation is 1. The summed E-state index contributed by atoms with van der Waals surface area (Å²) in [5.41, 5.74) is 3.42. The third kappa shape index (κ3) is 4.60. The molecule has 1 aromatic heterocycles. The second kappa shape index (κ2) is 8.67. The number of methoxy groups -OCH3 is 1. The van der Waals surface area contributed by atoms with Crippen LogP contribution in [0.1, 0.15) is 31.5 Å². The Hall–Kier alpha value is -2.34. The normalized spacial score (nSPS) is 13.3. The highest BCUT2D eigenvalue weighted by atomic mass is 16.5. The summed E-state index contributed by atoms with van der Waals surface area (Å²) in [7, 11) is 1.62. The molecule has 0 radical (unpaired) electrons. The monoisotopic (exact) mass is 345 g/mol. The number of hydrogen-bond acceptors (Lipinski definition) is 4. The third-order valence-corrected chi connectivity index (χ3v) is 4.65. The van der Waals surface area contributed by atoms with Gasteiger partial charge in [0.25, 0.3) is 0 Å². The van der Waals surface area contributed by atoms with Crippen molar-refractivity contribution in [3.63, 3.8) is 0 Å². The van der Waals surface area contributed by atoms with Gasteiger partial charge in [0, 0.05) is 16.8 Å². The number of aromatic amines is 1. The van der Waals surface area contributed by atoms with Crippen molar-refractivity contribution in [2.45, 2.75) is 39.7 Å². The Bertz CT molecular complexity index is 694. The fraction of sp³-hybridized carbons (Fsp3) is 0.474. The summed E-state index contributed by atoms with van der Waals surface area (Å²) in [6.45, 7) is 5.91. The number of aliphatic hydroxyl groups is 1. The van der Waals surface area contributed by atoms with Gasteiger partial charge in [-0.1, -0.05) is 20.3 Å². The molecule has 2 aromatic rings. The van der Waals surface area contributed by atoms with Crippen molar-refractivity contribution in [3.05, 3.63) is 35.5 Å². The molecule has 0 fully saturated rings. The number of benzene rings is 1. The van der Waals surface area contributed by atoms with E-state index in [-0.39, 0.29) is 30.9 Å². The third-order valence-electron chi connectivity index (χ3n) is 4.65. The number of aromatic nitrogens is 2. The van der Waals surface area contributed by atoms with Crippen LogP contribution in [0, 0.1) is 12.8 Å². The van der Waals surface area contributed by atoms with Crippen LogP contribution in [-0.2, 0) is 11.2 Å². The highest BCUT2D eigenvalue weighted by molar-refractivity contribution is 5.82. The molecule has 0 aliphatic carbocycles. The van der Waals surface area contributed by atoms with Crippen molar-refractivity contribution in [2.75, 3.05) is 13.7 Å². The highest BCUT2D eigenvalue weighted by Crippen LogP contribution is 2.26. The second-order valence-electron chi connectivity index (χ2n) is 6.32. The van der Waals surface area contributed by atoms with Crippen LogP contribution in [0.5, 0.6) is 5.75 Å². The van der Waals surface area contributed by atoms with Crippen LogP contribution in [0.25, 0.3) is 11.3 Å². The predicted octanol–water partition coefficient (Wildman–Crippen LogP) is 2.46. The molecule has 0 bridgehead atoms. The van der Waals surface area contributed by atoms with Crippen molar-refractivity contribution in [1.82, 2.24) is 15.5 Å². The number of aliphatic hydroxyl groups excluding tert-OH is 1. The van der Waals surface area contributed by atoms with Gasteiger partial charge in [0.05, 0.1) is 31.9 Å². The van der Waals surface area contributed by atoms with E-state index in [1.807, 2.05) is 45.0 Å². The fourth-order valence-corrected chi connectivity index (χ4v) is 2.73. The first-order valence-electron chi connectivity index (χ1n) is 8.58. The molecule has 0 saturated carbocycles. The van der Waals surface area contributed by atoms with E-state index in [0.29, 0.717) is 0 Å². The molecule has 0 unspecified atom stereocenters. The van der Waals surface area contributed by atoms with Gasteiger partial charge < -0.3 is 15.2 Å². The van der Waals surface area contributed by atoms with Gasteiger partial charge >= 0.3 is 0 Å². The van der Waals surface area contributed by atoms with Gasteiger partial charge in [-0.05, 0) is 37.1 Å². The maximum atomic E-state index is 12.5. The van der Waals surface area contributed by atoms with Crippen LogP contribution in [-0.4, -0.2) is 41.0 Å². The zero-order chi connectivity index (χ0) is 18.4. The van der Waals surface area contributed by atoms with E-state index in [4.69, 9.17) is 4.74 Å². The van der Waals surface area contributed by atoms with Crippen LogP contribution in [0.2, 0.25) is 0 Å². The average Bonchev–Trinajstić information content (AvgIpc) is 2.99. The topological polar surface area (TPSA) is 87.2 Å². The number of carbonyl (C=O) groups is 1. The van der Waals surface area contributed by atoms with E-state index < -0.39 is 0 Å². The maximum Gasteiger partial charge on any atom is 0.224 e. The molecule has 6 nitrogen and oxygen atoms in total. The lowest BCUT2D eigenvalue weighted by Crippen LogP contribution is -2.42. The molecule has 0 spiro atoms. The standard InChI is InChI=1S/C19H27N3O3/c1-5-12(2)17(11-23)20-18(24)10-16-13(3)21-22-19(16)14-6-8-15(25-4)9-7-14/h6-9,12,17,23H,5,10-11H2,1-4H3,(H,20,24)(H,21,22)/t12-,17+/m1/s1. The lowest BCUT2D eigenvalue weighted by Gasteiger charge is -2.22. The number of nitrogens with zero attached hydrogens (tertiary/aromatic N) is 1. The number of ether oxygens (including phenoxy) is 1. The molecule has 136 valence electrons. The first-order chi connectivity index (χ1) is 12.0. The average molecular weight is 345 g/mol. The summed E-state index contributed by atoms with van der Waals surface area (Å²) in [6.07, 6.45) is 1.12. The van der Waals surface area contributed by atoms with Gasteiger partial charge in [-0.3, -0.25) is 9.89 Å². The van der Waals surface area contributed by atoms with Crippen molar-refractivity contribution >= 4 is 5.91 Å². The van der Waals surface area contributed by atoms with E-state index in [0.717, 1.165) is 34.7 Å². The van der Waals surface area contributed by atoms with Gasteiger partial charge in [0.15, 0.2) is 0 Å². The molecule has 6 heteroatoms. The zero-order valence-corrected chi connectivity index (χ0v) is 15.3. The minimum atomic E-state index is -0.228. The van der Waals surface area contributed by atoms with Gasteiger partial charge in [-0.15, -0.1) is 0 Å². The maximum absolute atomic E-state index is 12.5. The Morgan fingerprint density at radius 1 is 1.36 bits per heavy atom. The minimum Gasteiger partial charge on any atom is -0.497 e. The number of rotatable bonds is 8. The van der Waals surface area contributed by atoms with Crippen LogP contribution in [0.3, 0.4) is 0 Å². The number of H-pyrrole nitrogens is 1. The van der Waals surface area contributed by atoms with E-state index in [1.54, 1.807) is 7.11 Å². The van der Waals surface area contributed by atoms with E-state index in [9.17, 15) is 9.90 Å². The molecule has 0 aliphatic heterocycles. The fourth-order valence-electron chi connectivity index (χ4n) is 2.73. The minimum absolute atomic E-state index is 0.0591. The van der Waals surface area contributed by atoms with Gasteiger partial charge in [0.2, 0.25) is 5.91 Å². The van der Waals surface area contributed by atoms with Crippen LogP contribution in [0.15, 0.2) is 24.3 Å². The number of hydrogen-bond donors (Lipinski definition) is 3. The van der Waals surface area contributed by atoms with Crippen molar-refractivity contribution < 1.29 is 14.6 Å². The van der Waals surface area contributed by atoms with Gasteiger partial charge in [-0.25, -0.2) is 0 Å². The lowest BCUT2D eigenvalue weighted by atomic mass is 9.99. The summed E-state index contributed by atoms with van der Waals surface area (Å²) in [4.78, 5) is 12.5. The van der Waals surface area contributed by atoms with Gasteiger partial charge in [0.1, 0.15) is 5.75 Å². The van der Waals surface area contributed by atoms with E-state index >= 15 is 0 Å². The molecule has 1 aromatic carbocycles. The summed E-state index contributed by atoms with van der Waals surface area (Å²) >= 11 is 0. The molecule has 0 saturated heterocycles. The quantitative estimate of drug-likeness (QED) is 0.686. The number of carbonyl (C=O) groups excluding carboxylic acids is 1. The molecule has 2 rings (SSSR count). The molecule has 0 aliphatic rings.